The van der Waals surface area contributed by atoms with E-state index in [0.29, 0.717) is 15.9 Å². The summed E-state index contributed by atoms with van der Waals surface area (Å²) in [6.45, 7) is 4.04. The third-order valence-electron chi connectivity index (χ3n) is 5.99. The number of thioether (sulfide) groups is 1. The number of amides is 1. The van der Waals surface area contributed by atoms with Crippen molar-refractivity contribution >= 4 is 56.5 Å². The Balaban J connectivity index is 1.55. The SMILES string of the molecule is Cc1ccc(-n2c(SCC(=O)Nc3cccc(Cl)c3)nc3sc4c(c3c2=O)CCCC4)c(C)c1. The number of thiophene rings is 1. The van der Waals surface area contributed by atoms with Gasteiger partial charge in [0.25, 0.3) is 5.56 Å². The van der Waals surface area contributed by atoms with Gasteiger partial charge < -0.3 is 5.32 Å². The lowest BCUT2D eigenvalue weighted by Crippen LogP contribution is -2.24. The Bertz CT molecular complexity index is 1480. The number of nitrogens with one attached hydrogen (secondary N) is 1. The summed E-state index contributed by atoms with van der Waals surface area (Å²) >= 11 is 8.93. The predicted molar refractivity (Wildman–Crippen MR) is 142 cm³/mol. The summed E-state index contributed by atoms with van der Waals surface area (Å²) in [4.78, 5) is 33.5. The van der Waals surface area contributed by atoms with E-state index in [1.807, 2.05) is 26.0 Å². The molecule has 2 aromatic carbocycles. The van der Waals surface area contributed by atoms with Crippen LogP contribution in [0.1, 0.15) is 34.4 Å². The highest BCUT2D eigenvalue weighted by molar-refractivity contribution is 7.99. The van der Waals surface area contributed by atoms with Gasteiger partial charge in [0.05, 0.1) is 16.8 Å². The fraction of sp³-hybridized carbons (Fsp3) is 0.269. The second kappa shape index (κ2) is 9.56. The van der Waals surface area contributed by atoms with Crippen molar-refractivity contribution in [1.82, 2.24) is 9.55 Å². The fourth-order valence-corrected chi connectivity index (χ4v) is 6.74. The number of anilines is 1. The number of benzene rings is 2. The van der Waals surface area contributed by atoms with Crippen molar-refractivity contribution in [2.45, 2.75) is 44.7 Å². The Morgan fingerprint density at radius 3 is 2.79 bits per heavy atom. The van der Waals surface area contributed by atoms with Crippen LogP contribution in [0.3, 0.4) is 0 Å². The Kier molecular flexibility index (Phi) is 6.51. The number of carbonyl (C=O) groups excluding carboxylic acids is 1. The fourth-order valence-electron chi connectivity index (χ4n) is 4.45. The molecule has 2 heterocycles. The van der Waals surface area contributed by atoms with Crippen LogP contribution in [0, 0.1) is 13.8 Å². The maximum absolute atomic E-state index is 13.9. The molecule has 8 heteroatoms. The molecule has 1 aliphatic rings. The number of aryl methyl sites for hydroxylation is 4. The molecule has 0 saturated heterocycles. The maximum atomic E-state index is 13.9. The van der Waals surface area contributed by atoms with Crippen molar-refractivity contribution in [3.05, 3.63) is 79.4 Å². The molecule has 1 amide bonds. The van der Waals surface area contributed by atoms with E-state index < -0.39 is 0 Å². The number of hydrogen-bond acceptors (Lipinski definition) is 5. The number of fused-ring (bicyclic) bond motifs is 3. The van der Waals surface area contributed by atoms with E-state index in [4.69, 9.17) is 16.6 Å². The molecule has 0 saturated carbocycles. The Hall–Kier alpha value is -2.61. The lowest BCUT2D eigenvalue weighted by Gasteiger charge is -2.15. The molecule has 1 N–H and O–H groups in total. The highest BCUT2D eigenvalue weighted by atomic mass is 35.5. The largest absolute Gasteiger partial charge is 0.325 e. The average Bonchev–Trinajstić information content (AvgIpc) is 3.17. The molecule has 0 atom stereocenters. The standard InChI is InChI=1S/C26H24ClN3O2S2/c1-15-10-11-20(16(2)12-15)30-25(32)23-19-8-3-4-9-21(19)34-24(23)29-26(30)33-14-22(31)28-18-7-5-6-17(27)13-18/h5-7,10-13H,3-4,8-9,14H2,1-2H3,(H,28,31). The van der Waals surface area contributed by atoms with Crippen LogP contribution in [0.4, 0.5) is 5.69 Å². The lowest BCUT2D eigenvalue weighted by atomic mass is 9.97. The van der Waals surface area contributed by atoms with Crippen LogP contribution >= 0.6 is 34.7 Å². The first-order valence-electron chi connectivity index (χ1n) is 11.2. The third-order valence-corrected chi connectivity index (χ3v) is 8.35. The highest BCUT2D eigenvalue weighted by Crippen LogP contribution is 2.35. The van der Waals surface area contributed by atoms with Gasteiger partial charge in [-0.15, -0.1) is 11.3 Å². The second-order valence-electron chi connectivity index (χ2n) is 8.56. The molecule has 5 rings (SSSR count). The summed E-state index contributed by atoms with van der Waals surface area (Å²) in [5.74, 6) is -0.0558. The van der Waals surface area contributed by atoms with Gasteiger partial charge in [-0.3, -0.25) is 14.2 Å². The molecule has 34 heavy (non-hydrogen) atoms. The maximum Gasteiger partial charge on any atom is 0.267 e. The number of aromatic nitrogens is 2. The summed E-state index contributed by atoms with van der Waals surface area (Å²) in [5.41, 5.74) is 4.69. The van der Waals surface area contributed by atoms with Gasteiger partial charge in [0.2, 0.25) is 5.91 Å². The van der Waals surface area contributed by atoms with Crippen molar-refractivity contribution in [2.24, 2.45) is 0 Å². The number of rotatable bonds is 5. The average molecular weight is 510 g/mol. The number of nitrogens with zero attached hydrogens (tertiary/aromatic N) is 2. The first-order valence-corrected chi connectivity index (χ1v) is 13.4. The van der Waals surface area contributed by atoms with Crippen LogP contribution in [-0.2, 0) is 17.6 Å². The zero-order valence-corrected chi connectivity index (χ0v) is 21.4. The molecule has 0 radical (unpaired) electrons. The molecular weight excluding hydrogens is 486 g/mol. The smallest absolute Gasteiger partial charge is 0.267 e. The molecule has 0 unspecified atom stereocenters. The van der Waals surface area contributed by atoms with Crippen LogP contribution in [-0.4, -0.2) is 21.2 Å². The predicted octanol–water partition coefficient (Wildman–Crippen LogP) is 6.33. The van der Waals surface area contributed by atoms with E-state index in [0.717, 1.165) is 58.3 Å². The molecule has 2 aromatic heterocycles. The number of hydrogen-bond donors (Lipinski definition) is 1. The lowest BCUT2D eigenvalue weighted by molar-refractivity contribution is -0.113. The van der Waals surface area contributed by atoms with E-state index in [-0.39, 0.29) is 17.2 Å². The van der Waals surface area contributed by atoms with Gasteiger partial charge in [-0.05, 0) is 74.9 Å². The molecule has 4 aromatic rings. The van der Waals surface area contributed by atoms with Gasteiger partial charge in [-0.25, -0.2) is 4.98 Å². The van der Waals surface area contributed by atoms with E-state index in [9.17, 15) is 9.59 Å². The van der Waals surface area contributed by atoms with Gasteiger partial charge in [-0.1, -0.05) is 47.1 Å². The second-order valence-corrected chi connectivity index (χ2v) is 11.0. The van der Waals surface area contributed by atoms with Gasteiger partial charge in [0, 0.05) is 15.6 Å². The normalized spacial score (nSPS) is 13.1. The first kappa shape index (κ1) is 23.1. The topological polar surface area (TPSA) is 64.0 Å². The summed E-state index contributed by atoms with van der Waals surface area (Å²) in [5, 5.41) is 4.70. The Labute approximate surface area is 211 Å². The zero-order valence-electron chi connectivity index (χ0n) is 19.0. The Morgan fingerprint density at radius 1 is 1.18 bits per heavy atom. The first-order chi connectivity index (χ1) is 16.4. The van der Waals surface area contributed by atoms with E-state index in [1.54, 1.807) is 40.2 Å². The van der Waals surface area contributed by atoms with Crippen LogP contribution < -0.4 is 10.9 Å². The van der Waals surface area contributed by atoms with Gasteiger partial charge in [0.15, 0.2) is 5.16 Å². The Morgan fingerprint density at radius 2 is 2.00 bits per heavy atom. The summed E-state index contributed by atoms with van der Waals surface area (Å²) in [6.07, 6.45) is 4.18. The van der Waals surface area contributed by atoms with E-state index >= 15 is 0 Å². The van der Waals surface area contributed by atoms with E-state index in [1.165, 1.54) is 16.6 Å². The summed E-state index contributed by atoms with van der Waals surface area (Å²) in [6, 6.07) is 13.1. The molecular formula is C26H24ClN3O2S2. The quantitative estimate of drug-likeness (QED) is 0.252. The number of halogens is 1. The van der Waals surface area contributed by atoms with Crippen LogP contribution in [0.15, 0.2) is 52.4 Å². The molecule has 174 valence electrons. The minimum Gasteiger partial charge on any atom is -0.325 e. The molecule has 0 aliphatic heterocycles. The van der Waals surface area contributed by atoms with Gasteiger partial charge in [-0.2, -0.15) is 0 Å². The van der Waals surface area contributed by atoms with Crippen molar-refractivity contribution in [3.63, 3.8) is 0 Å². The summed E-state index contributed by atoms with van der Waals surface area (Å²) < 4.78 is 1.69. The van der Waals surface area contributed by atoms with Crippen molar-refractivity contribution in [2.75, 3.05) is 11.1 Å². The van der Waals surface area contributed by atoms with Crippen molar-refractivity contribution < 1.29 is 4.79 Å². The van der Waals surface area contributed by atoms with E-state index in [2.05, 4.69) is 11.4 Å². The minimum atomic E-state index is -0.181. The molecule has 0 bridgehead atoms. The minimum absolute atomic E-state index is 0.0471. The molecule has 0 fully saturated rings. The summed E-state index contributed by atoms with van der Waals surface area (Å²) in [7, 11) is 0. The van der Waals surface area contributed by atoms with Gasteiger partial charge in [0.1, 0.15) is 4.83 Å². The van der Waals surface area contributed by atoms with Crippen LogP contribution in [0.5, 0.6) is 0 Å². The molecule has 0 spiro atoms. The molecule has 5 nitrogen and oxygen atoms in total. The number of carbonyl (C=O) groups is 1. The van der Waals surface area contributed by atoms with Crippen LogP contribution in [0.25, 0.3) is 15.9 Å². The monoisotopic (exact) mass is 509 g/mol. The highest BCUT2D eigenvalue weighted by Gasteiger charge is 2.23. The van der Waals surface area contributed by atoms with Crippen molar-refractivity contribution in [3.8, 4) is 5.69 Å². The third kappa shape index (κ3) is 4.52. The molecule has 1 aliphatic carbocycles. The van der Waals surface area contributed by atoms with Crippen LogP contribution in [0.2, 0.25) is 5.02 Å². The van der Waals surface area contributed by atoms with Crippen molar-refractivity contribution in [1.29, 1.82) is 0 Å². The zero-order chi connectivity index (χ0) is 23.8. The van der Waals surface area contributed by atoms with Gasteiger partial charge >= 0.3 is 0 Å².